The van der Waals surface area contributed by atoms with Gasteiger partial charge in [0.05, 0.1) is 23.1 Å². The molecule has 1 aromatic carbocycles. The molecule has 2 aliphatic heterocycles. The lowest BCUT2D eigenvalue weighted by Gasteiger charge is -2.34. The van der Waals surface area contributed by atoms with Crippen molar-refractivity contribution in [3.8, 4) is 6.07 Å². The lowest BCUT2D eigenvalue weighted by molar-refractivity contribution is -0.134. The number of hydrogen-bond acceptors (Lipinski definition) is 4. The largest absolute Gasteiger partial charge is 0.356 e. The molecule has 2 aliphatic rings. The van der Waals surface area contributed by atoms with Gasteiger partial charge in [0.25, 0.3) is 0 Å². The summed E-state index contributed by atoms with van der Waals surface area (Å²) in [6.07, 6.45) is 4.16. The lowest BCUT2D eigenvalue weighted by atomic mass is 9.96. The predicted octanol–water partition coefficient (Wildman–Crippen LogP) is 3.71. The van der Waals surface area contributed by atoms with Crippen molar-refractivity contribution in [2.45, 2.75) is 25.7 Å². The van der Waals surface area contributed by atoms with E-state index in [0.717, 1.165) is 66.5 Å². The molecule has 0 radical (unpaired) electrons. The van der Waals surface area contributed by atoms with E-state index in [1.54, 1.807) is 0 Å². The molecule has 4 rings (SSSR count). The average Bonchev–Trinajstić information content (AvgIpc) is 3.21. The molecule has 0 spiro atoms. The summed E-state index contributed by atoms with van der Waals surface area (Å²) in [4.78, 5) is 21.7. The van der Waals surface area contributed by atoms with Gasteiger partial charge in [0.15, 0.2) is 0 Å². The molecule has 2 aromatic rings. The number of nitriles is 1. The molecule has 1 aromatic heterocycles. The molecule has 1 amide bonds. The molecule has 0 aliphatic carbocycles. The minimum absolute atomic E-state index is 0.0369. The van der Waals surface area contributed by atoms with E-state index in [4.69, 9.17) is 4.98 Å². The molecular formula is C20H21BrN4O. The van der Waals surface area contributed by atoms with Gasteiger partial charge < -0.3 is 9.80 Å². The second kappa shape index (κ2) is 7.24. The Bertz CT molecular complexity index is 885. The molecule has 134 valence electrons. The van der Waals surface area contributed by atoms with Crippen LogP contribution in [0, 0.1) is 17.2 Å². The van der Waals surface area contributed by atoms with Crippen molar-refractivity contribution in [2.75, 3.05) is 31.1 Å². The van der Waals surface area contributed by atoms with Crippen molar-refractivity contribution in [3.63, 3.8) is 0 Å². The first kappa shape index (κ1) is 17.3. The zero-order valence-electron chi connectivity index (χ0n) is 14.6. The van der Waals surface area contributed by atoms with E-state index in [1.807, 2.05) is 29.2 Å². The molecule has 0 saturated carbocycles. The van der Waals surface area contributed by atoms with Gasteiger partial charge in [-0.05, 0) is 49.9 Å². The third-order valence-corrected chi connectivity index (χ3v) is 5.88. The Kier molecular flexibility index (Phi) is 4.82. The summed E-state index contributed by atoms with van der Waals surface area (Å²) in [5.41, 5.74) is 1.44. The van der Waals surface area contributed by atoms with Crippen LogP contribution in [-0.2, 0) is 4.79 Å². The van der Waals surface area contributed by atoms with Crippen LogP contribution >= 0.6 is 15.9 Å². The first-order chi connectivity index (χ1) is 12.7. The lowest BCUT2D eigenvalue weighted by Crippen LogP contribution is -2.44. The van der Waals surface area contributed by atoms with Crippen LogP contribution in [0.2, 0.25) is 0 Å². The van der Waals surface area contributed by atoms with Gasteiger partial charge in [0.1, 0.15) is 5.82 Å². The highest BCUT2D eigenvalue weighted by Gasteiger charge is 2.31. The van der Waals surface area contributed by atoms with Crippen LogP contribution in [0.5, 0.6) is 0 Å². The molecule has 2 fully saturated rings. The smallest absolute Gasteiger partial charge is 0.227 e. The van der Waals surface area contributed by atoms with Crippen molar-refractivity contribution in [1.82, 2.24) is 9.88 Å². The van der Waals surface area contributed by atoms with Crippen LogP contribution in [0.4, 0.5) is 5.82 Å². The Morgan fingerprint density at radius 2 is 2.00 bits per heavy atom. The number of nitrogens with zero attached hydrogens (tertiary/aromatic N) is 4. The average molecular weight is 413 g/mol. The van der Waals surface area contributed by atoms with Crippen LogP contribution in [0.15, 0.2) is 28.7 Å². The number of likely N-dealkylation sites (tertiary alicyclic amines) is 1. The van der Waals surface area contributed by atoms with Crippen LogP contribution in [0.25, 0.3) is 10.9 Å². The number of benzene rings is 1. The highest BCUT2D eigenvalue weighted by Crippen LogP contribution is 2.29. The molecule has 26 heavy (non-hydrogen) atoms. The number of halogens is 1. The number of amides is 1. The van der Waals surface area contributed by atoms with E-state index in [-0.39, 0.29) is 11.8 Å². The Morgan fingerprint density at radius 1 is 1.19 bits per heavy atom. The molecule has 3 heterocycles. The Labute approximate surface area is 161 Å². The first-order valence-corrected chi connectivity index (χ1v) is 9.99. The van der Waals surface area contributed by atoms with Crippen molar-refractivity contribution in [1.29, 1.82) is 5.26 Å². The van der Waals surface area contributed by atoms with Gasteiger partial charge >= 0.3 is 0 Å². The summed E-state index contributed by atoms with van der Waals surface area (Å²) >= 11 is 3.46. The number of aromatic nitrogens is 1. The molecule has 1 atom stereocenters. The zero-order chi connectivity index (χ0) is 18.1. The van der Waals surface area contributed by atoms with Gasteiger partial charge in [-0.25, -0.2) is 4.98 Å². The fraction of sp³-hybridized carbons (Fsp3) is 0.450. The molecule has 0 N–H and O–H groups in total. The number of fused-ring (bicyclic) bond motifs is 1. The fourth-order valence-electron chi connectivity index (χ4n) is 4.02. The Balaban J connectivity index is 1.61. The van der Waals surface area contributed by atoms with Gasteiger partial charge in [0, 0.05) is 36.0 Å². The normalized spacial score (nSPS) is 20.4. The highest BCUT2D eigenvalue weighted by molar-refractivity contribution is 9.10. The Morgan fingerprint density at radius 3 is 2.77 bits per heavy atom. The van der Waals surface area contributed by atoms with E-state index >= 15 is 0 Å². The molecule has 0 bridgehead atoms. The maximum Gasteiger partial charge on any atom is 0.227 e. The molecular weight excluding hydrogens is 392 g/mol. The Hall–Kier alpha value is -2.13. The van der Waals surface area contributed by atoms with E-state index < -0.39 is 0 Å². The summed E-state index contributed by atoms with van der Waals surface area (Å²) in [6.45, 7) is 3.37. The number of carbonyl (C=O) groups excluding carboxylic acids is 1. The topological polar surface area (TPSA) is 60.2 Å². The first-order valence-electron chi connectivity index (χ1n) is 9.20. The standard InChI is InChI=1S/C20H21BrN4O/c21-16-5-6-18-17(11-16)15(12-22)10-19(23-18)25-9-3-4-14(13-25)20(26)24-7-1-2-8-24/h5-6,10-11,14H,1-4,7-9,13H2/t14-/m0/s1. The SMILES string of the molecule is N#Cc1cc(N2CCC[C@H](C(=O)N3CCCC3)C2)nc2ccc(Br)cc12. The molecule has 6 heteroatoms. The van der Waals surface area contributed by atoms with Gasteiger partial charge in [-0.3, -0.25) is 4.79 Å². The second-order valence-corrected chi connectivity index (χ2v) is 8.03. The number of anilines is 1. The van der Waals surface area contributed by atoms with Crippen molar-refractivity contribution in [3.05, 3.63) is 34.3 Å². The van der Waals surface area contributed by atoms with Crippen LogP contribution in [0.3, 0.4) is 0 Å². The molecule has 0 unspecified atom stereocenters. The maximum absolute atomic E-state index is 12.8. The number of rotatable bonds is 2. The number of pyridine rings is 1. The second-order valence-electron chi connectivity index (χ2n) is 7.12. The van der Waals surface area contributed by atoms with E-state index in [9.17, 15) is 10.1 Å². The van der Waals surface area contributed by atoms with E-state index in [0.29, 0.717) is 12.1 Å². The third-order valence-electron chi connectivity index (χ3n) is 5.39. The van der Waals surface area contributed by atoms with Gasteiger partial charge in [0.2, 0.25) is 5.91 Å². The number of piperidine rings is 1. The fourth-order valence-corrected chi connectivity index (χ4v) is 4.38. The monoisotopic (exact) mass is 412 g/mol. The van der Waals surface area contributed by atoms with Crippen molar-refractivity contribution in [2.24, 2.45) is 5.92 Å². The maximum atomic E-state index is 12.8. The summed E-state index contributed by atoms with van der Waals surface area (Å²) in [5, 5.41) is 10.4. The minimum Gasteiger partial charge on any atom is -0.356 e. The zero-order valence-corrected chi connectivity index (χ0v) is 16.2. The van der Waals surface area contributed by atoms with Gasteiger partial charge in [-0.1, -0.05) is 15.9 Å². The number of hydrogen-bond donors (Lipinski definition) is 0. The van der Waals surface area contributed by atoms with Crippen molar-refractivity contribution < 1.29 is 4.79 Å². The van der Waals surface area contributed by atoms with E-state index in [1.165, 1.54) is 0 Å². The van der Waals surface area contributed by atoms with Gasteiger partial charge in [-0.15, -0.1) is 0 Å². The summed E-state index contributed by atoms with van der Waals surface area (Å²) < 4.78 is 0.935. The summed E-state index contributed by atoms with van der Waals surface area (Å²) in [7, 11) is 0. The van der Waals surface area contributed by atoms with E-state index in [2.05, 4.69) is 26.9 Å². The van der Waals surface area contributed by atoms with Crippen LogP contribution in [-0.4, -0.2) is 42.0 Å². The summed E-state index contributed by atoms with van der Waals surface area (Å²) in [5.74, 6) is 1.13. The highest BCUT2D eigenvalue weighted by atomic mass is 79.9. The van der Waals surface area contributed by atoms with Crippen molar-refractivity contribution >= 4 is 38.6 Å². The molecule has 2 saturated heterocycles. The molecule has 5 nitrogen and oxygen atoms in total. The predicted molar refractivity (Wildman–Crippen MR) is 105 cm³/mol. The minimum atomic E-state index is 0.0369. The summed E-state index contributed by atoms with van der Waals surface area (Å²) in [6, 6.07) is 9.95. The number of carbonyl (C=O) groups is 1. The van der Waals surface area contributed by atoms with Crippen LogP contribution < -0.4 is 4.90 Å². The van der Waals surface area contributed by atoms with Crippen LogP contribution in [0.1, 0.15) is 31.2 Å². The quantitative estimate of drug-likeness (QED) is 0.753. The third kappa shape index (κ3) is 3.28. The van der Waals surface area contributed by atoms with Gasteiger partial charge in [-0.2, -0.15) is 5.26 Å².